The number of furan rings is 1. The summed E-state index contributed by atoms with van der Waals surface area (Å²) in [5, 5.41) is 0. The molecule has 0 aliphatic heterocycles. The fourth-order valence-corrected chi connectivity index (χ4v) is 0.969. The van der Waals surface area contributed by atoms with Crippen LogP contribution in [0.3, 0.4) is 0 Å². The minimum Gasteiger partial charge on any atom is -0.469 e. The number of hydrogen-bond donors (Lipinski definition) is 2. The summed E-state index contributed by atoms with van der Waals surface area (Å²) < 4.78 is 5.13. The first-order chi connectivity index (χ1) is 4.29. The van der Waals surface area contributed by atoms with Crippen molar-refractivity contribution in [3.8, 4) is 0 Å². The Hall–Kier alpha value is -0.0200. The third-order valence-corrected chi connectivity index (χ3v) is 1.33. The van der Waals surface area contributed by atoms with E-state index in [4.69, 9.17) is 4.42 Å². The Morgan fingerprint density at radius 1 is 1.56 bits per heavy atom. The predicted molar refractivity (Wildman–Crippen MR) is 44.2 cm³/mol. The van der Waals surface area contributed by atoms with Gasteiger partial charge >= 0.3 is 0 Å². The van der Waals surface area contributed by atoms with E-state index in [1.165, 1.54) is 0 Å². The molecule has 0 saturated carbocycles. The van der Waals surface area contributed by atoms with Gasteiger partial charge in [0.05, 0.1) is 10.8 Å². The van der Waals surface area contributed by atoms with Gasteiger partial charge in [0.1, 0.15) is 5.76 Å². The second-order valence-corrected chi connectivity index (χ2v) is 3.42. The van der Waals surface area contributed by atoms with Crippen LogP contribution in [0.4, 0.5) is 0 Å². The van der Waals surface area contributed by atoms with Crippen LogP contribution in [0, 0.1) is 0 Å². The zero-order chi connectivity index (χ0) is 6.69. The molecule has 0 radical (unpaired) electrons. The molecule has 0 spiro atoms. The molecule has 0 N–H and O–H groups in total. The number of hydrogen-bond acceptors (Lipinski definition) is 3. The summed E-state index contributed by atoms with van der Waals surface area (Å²) in [5.74, 6) is 0.935. The third kappa shape index (κ3) is 2.37. The van der Waals surface area contributed by atoms with Crippen molar-refractivity contribution in [2.24, 2.45) is 0 Å². The van der Waals surface area contributed by atoms with Crippen molar-refractivity contribution in [1.29, 1.82) is 0 Å². The predicted octanol–water partition coefficient (Wildman–Crippen LogP) is 2.01. The first-order valence-electron chi connectivity index (χ1n) is 2.67. The second-order valence-electron chi connectivity index (χ2n) is 1.76. The van der Waals surface area contributed by atoms with E-state index in [-0.39, 0.29) is 4.58 Å². The van der Waals surface area contributed by atoms with Crippen LogP contribution >= 0.6 is 25.3 Å². The molecule has 3 heteroatoms. The Balaban J connectivity index is 2.48. The monoisotopic (exact) mass is 160 g/mol. The van der Waals surface area contributed by atoms with E-state index in [2.05, 4.69) is 25.3 Å². The van der Waals surface area contributed by atoms with E-state index in [1.807, 2.05) is 12.1 Å². The van der Waals surface area contributed by atoms with Gasteiger partial charge in [-0.3, -0.25) is 0 Å². The topological polar surface area (TPSA) is 13.1 Å². The van der Waals surface area contributed by atoms with E-state index in [0.717, 1.165) is 12.2 Å². The Bertz CT molecular complexity index is 158. The summed E-state index contributed by atoms with van der Waals surface area (Å²) in [6.07, 6.45) is 2.43. The average molecular weight is 160 g/mol. The Kier molecular flexibility index (Phi) is 2.54. The van der Waals surface area contributed by atoms with Gasteiger partial charge in [-0.1, -0.05) is 0 Å². The van der Waals surface area contributed by atoms with Gasteiger partial charge in [-0.25, -0.2) is 0 Å². The molecule has 0 aliphatic carbocycles. The van der Waals surface area contributed by atoms with Gasteiger partial charge < -0.3 is 4.42 Å². The van der Waals surface area contributed by atoms with E-state index in [0.29, 0.717) is 0 Å². The van der Waals surface area contributed by atoms with Gasteiger partial charge in [-0.2, -0.15) is 25.3 Å². The molecule has 1 nitrogen and oxygen atoms in total. The van der Waals surface area contributed by atoms with Gasteiger partial charge in [-0.15, -0.1) is 0 Å². The molecule has 1 heterocycles. The van der Waals surface area contributed by atoms with Crippen molar-refractivity contribution in [2.75, 3.05) is 0 Å². The zero-order valence-electron chi connectivity index (χ0n) is 4.82. The highest BCUT2D eigenvalue weighted by molar-refractivity contribution is 7.99. The van der Waals surface area contributed by atoms with Gasteiger partial charge in [0.2, 0.25) is 0 Å². The van der Waals surface area contributed by atoms with Crippen molar-refractivity contribution in [3.63, 3.8) is 0 Å². The Morgan fingerprint density at radius 2 is 2.33 bits per heavy atom. The fraction of sp³-hybridized carbons (Fsp3) is 0.333. The van der Waals surface area contributed by atoms with Crippen molar-refractivity contribution in [2.45, 2.75) is 11.0 Å². The molecule has 0 amide bonds. The lowest BCUT2D eigenvalue weighted by Crippen LogP contribution is -1.90. The molecular formula is C6H8OS2. The van der Waals surface area contributed by atoms with Crippen molar-refractivity contribution < 1.29 is 4.42 Å². The zero-order valence-corrected chi connectivity index (χ0v) is 6.61. The lowest BCUT2D eigenvalue weighted by atomic mass is 10.4. The summed E-state index contributed by atoms with van der Waals surface area (Å²) in [6, 6.07) is 3.78. The standard InChI is InChI=1S/C6H8OS2/c8-6(9)4-5-2-1-3-7-5/h1-3,6,8-9H,4H2. The summed E-state index contributed by atoms with van der Waals surface area (Å²) in [7, 11) is 0. The van der Waals surface area contributed by atoms with Crippen molar-refractivity contribution in [1.82, 2.24) is 0 Å². The van der Waals surface area contributed by atoms with Crippen molar-refractivity contribution >= 4 is 25.3 Å². The minimum atomic E-state index is 0.0798. The molecule has 1 rings (SSSR count). The SMILES string of the molecule is SC(S)Cc1ccco1. The molecule has 0 atom stereocenters. The van der Waals surface area contributed by atoms with E-state index >= 15 is 0 Å². The molecule has 50 valence electrons. The Labute approximate surface area is 65.3 Å². The third-order valence-electron chi connectivity index (χ3n) is 0.964. The van der Waals surface area contributed by atoms with Gasteiger partial charge in [0.15, 0.2) is 0 Å². The van der Waals surface area contributed by atoms with Crippen LogP contribution < -0.4 is 0 Å². The first-order valence-corrected chi connectivity index (χ1v) is 3.71. The highest BCUT2D eigenvalue weighted by Gasteiger charge is 1.99. The average Bonchev–Trinajstić information content (AvgIpc) is 2.15. The van der Waals surface area contributed by atoms with Crippen LogP contribution in [0.2, 0.25) is 0 Å². The van der Waals surface area contributed by atoms with E-state index in [9.17, 15) is 0 Å². The normalized spacial score (nSPS) is 10.6. The molecule has 0 aliphatic rings. The molecule has 0 aromatic carbocycles. The smallest absolute Gasteiger partial charge is 0.105 e. The molecule has 0 fully saturated rings. The fourth-order valence-electron chi connectivity index (χ4n) is 0.609. The molecule has 0 unspecified atom stereocenters. The maximum Gasteiger partial charge on any atom is 0.105 e. The van der Waals surface area contributed by atoms with Crippen LogP contribution in [0.15, 0.2) is 22.8 Å². The van der Waals surface area contributed by atoms with Crippen molar-refractivity contribution in [3.05, 3.63) is 24.2 Å². The molecule has 0 saturated heterocycles. The summed E-state index contributed by atoms with van der Waals surface area (Å²) in [5.41, 5.74) is 0. The molecule has 1 aromatic rings. The number of rotatable bonds is 2. The van der Waals surface area contributed by atoms with E-state index < -0.39 is 0 Å². The van der Waals surface area contributed by atoms with Crippen LogP contribution in [0.1, 0.15) is 5.76 Å². The van der Waals surface area contributed by atoms with Crippen LogP contribution in [-0.4, -0.2) is 4.58 Å². The molecular weight excluding hydrogens is 152 g/mol. The maximum absolute atomic E-state index is 5.05. The highest BCUT2D eigenvalue weighted by atomic mass is 32.2. The van der Waals surface area contributed by atoms with Crippen LogP contribution in [-0.2, 0) is 6.42 Å². The van der Waals surface area contributed by atoms with Gasteiger partial charge in [0, 0.05) is 6.42 Å². The molecule has 1 aromatic heterocycles. The maximum atomic E-state index is 5.05. The number of thiol groups is 2. The quantitative estimate of drug-likeness (QED) is 0.498. The largest absolute Gasteiger partial charge is 0.469 e. The van der Waals surface area contributed by atoms with Crippen LogP contribution in [0.25, 0.3) is 0 Å². The second kappa shape index (κ2) is 3.22. The van der Waals surface area contributed by atoms with E-state index in [1.54, 1.807) is 6.26 Å². The Morgan fingerprint density at radius 3 is 2.78 bits per heavy atom. The lowest BCUT2D eigenvalue weighted by Gasteiger charge is -1.96. The lowest BCUT2D eigenvalue weighted by molar-refractivity contribution is 0.515. The van der Waals surface area contributed by atoms with Crippen LogP contribution in [0.5, 0.6) is 0 Å². The molecule has 0 bridgehead atoms. The van der Waals surface area contributed by atoms with Gasteiger partial charge in [-0.05, 0) is 12.1 Å². The summed E-state index contributed by atoms with van der Waals surface area (Å²) in [4.78, 5) is 0. The minimum absolute atomic E-state index is 0.0798. The first kappa shape index (κ1) is 7.09. The highest BCUT2D eigenvalue weighted by Crippen LogP contribution is 2.10. The molecule has 9 heavy (non-hydrogen) atoms. The summed E-state index contributed by atoms with van der Waals surface area (Å²) in [6.45, 7) is 0. The van der Waals surface area contributed by atoms with Gasteiger partial charge in [0.25, 0.3) is 0 Å². The summed E-state index contributed by atoms with van der Waals surface area (Å²) >= 11 is 8.18.